The van der Waals surface area contributed by atoms with Gasteiger partial charge in [-0.1, -0.05) is 18.5 Å². The van der Waals surface area contributed by atoms with Crippen molar-refractivity contribution in [3.63, 3.8) is 0 Å². The van der Waals surface area contributed by atoms with Crippen LogP contribution in [0, 0.1) is 0 Å². The lowest BCUT2D eigenvalue weighted by Gasteiger charge is -2.07. The highest BCUT2D eigenvalue weighted by atomic mass is 79.9. The molecule has 1 aromatic rings. The third kappa shape index (κ3) is 4.47. The number of pyridine rings is 1. The molecule has 0 radical (unpaired) electrons. The number of rotatable bonds is 5. The summed E-state index contributed by atoms with van der Waals surface area (Å²) in [6.07, 6.45) is 2.57. The van der Waals surface area contributed by atoms with Crippen LogP contribution in [0.2, 0.25) is 5.15 Å². The van der Waals surface area contributed by atoms with E-state index in [4.69, 9.17) is 11.6 Å². The summed E-state index contributed by atoms with van der Waals surface area (Å²) in [7, 11) is 0. The molecule has 0 fully saturated rings. The lowest BCUT2D eigenvalue weighted by atomic mass is 10.4. The van der Waals surface area contributed by atoms with E-state index in [0.29, 0.717) is 5.69 Å². The van der Waals surface area contributed by atoms with Crippen molar-refractivity contribution in [2.75, 3.05) is 18.4 Å². The minimum absolute atomic E-state index is 0.129. The first-order valence-electron chi connectivity index (χ1n) is 4.95. The smallest absolute Gasteiger partial charge is 0.238 e. The van der Waals surface area contributed by atoms with Crippen LogP contribution in [0.4, 0.5) is 5.69 Å². The molecule has 4 nitrogen and oxygen atoms in total. The zero-order chi connectivity index (χ0) is 12.0. The predicted molar refractivity (Wildman–Crippen MR) is 68.7 cm³/mol. The highest BCUT2D eigenvalue weighted by molar-refractivity contribution is 9.10. The molecule has 2 N–H and O–H groups in total. The van der Waals surface area contributed by atoms with Gasteiger partial charge in [0.05, 0.1) is 12.2 Å². The molecule has 1 heterocycles. The second-order valence-corrected chi connectivity index (χ2v) is 4.49. The van der Waals surface area contributed by atoms with E-state index in [1.165, 1.54) is 0 Å². The summed E-state index contributed by atoms with van der Waals surface area (Å²) >= 11 is 9.10. The van der Waals surface area contributed by atoms with Crippen LogP contribution in [0.5, 0.6) is 0 Å². The maximum absolute atomic E-state index is 11.5. The van der Waals surface area contributed by atoms with Crippen molar-refractivity contribution in [1.82, 2.24) is 10.3 Å². The number of hydrogen-bond donors (Lipinski definition) is 2. The fraction of sp³-hybridized carbons (Fsp3) is 0.400. The number of nitrogens with zero attached hydrogens (tertiary/aromatic N) is 1. The molecular weight excluding hydrogens is 293 g/mol. The zero-order valence-electron chi connectivity index (χ0n) is 8.89. The van der Waals surface area contributed by atoms with E-state index >= 15 is 0 Å². The van der Waals surface area contributed by atoms with E-state index in [1.807, 2.05) is 6.92 Å². The Morgan fingerprint density at radius 2 is 2.38 bits per heavy atom. The Balaban J connectivity index is 2.52. The van der Waals surface area contributed by atoms with E-state index in [2.05, 4.69) is 31.5 Å². The van der Waals surface area contributed by atoms with Crippen molar-refractivity contribution in [2.24, 2.45) is 0 Å². The second kappa shape index (κ2) is 6.83. The van der Waals surface area contributed by atoms with Gasteiger partial charge in [0.25, 0.3) is 0 Å². The van der Waals surface area contributed by atoms with Crippen molar-refractivity contribution >= 4 is 39.1 Å². The van der Waals surface area contributed by atoms with Gasteiger partial charge in [0.1, 0.15) is 0 Å². The van der Waals surface area contributed by atoms with Gasteiger partial charge in [-0.15, -0.1) is 0 Å². The van der Waals surface area contributed by atoms with Crippen LogP contribution in [0.1, 0.15) is 13.3 Å². The van der Waals surface area contributed by atoms with Crippen molar-refractivity contribution in [3.8, 4) is 0 Å². The summed E-state index contributed by atoms with van der Waals surface area (Å²) in [6, 6.07) is 1.72. The Morgan fingerprint density at radius 1 is 1.62 bits per heavy atom. The van der Waals surface area contributed by atoms with E-state index < -0.39 is 0 Å². The monoisotopic (exact) mass is 305 g/mol. The van der Waals surface area contributed by atoms with Crippen LogP contribution in [0.3, 0.4) is 0 Å². The molecule has 0 aliphatic carbocycles. The molecule has 0 atom stereocenters. The van der Waals surface area contributed by atoms with Crippen LogP contribution >= 0.6 is 27.5 Å². The van der Waals surface area contributed by atoms with Gasteiger partial charge in [-0.2, -0.15) is 0 Å². The van der Waals surface area contributed by atoms with Crippen LogP contribution < -0.4 is 10.6 Å². The molecule has 0 aliphatic heterocycles. The number of aromatic nitrogens is 1. The molecular formula is C10H13BrClN3O. The summed E-state index contributed by atoms with van der Waals surface area (Å²) in [5.74, 6) is -0.129. The predicted octanol–water partition coefficient (Wildman–Crippen LogP) is 2.44. The van der Waals surface area contributed by atoms with Crippen LogP contribution in [-0.2, 0) is 4.79 Å². The van der Waals surface area contributed by atoms with Crippen molar-refractivity contribution < 1.29 is 4.79 Å². The molecule has 0 spiro atoms. The van der Waals surface area contributed by atoms with Gasteiger partial charge in [0.2, 0.25) is 5.91 Å². The van der Waals surface area contributed by atoms with Gasteiger partial charge >= 0.3 is 0 Å². The first-order valence-corrected chi connectivity index (χ1v) is 6.12. The first kappa shape index (κ1) is 13.4. The summed E-state index contributed by atoms with van der Waals surface area (Å²) in [5, 5.41) is 5.97. The number of halogens is 2. The van der Waals surface area contributed by atoms with Gasteiger partial charge in [0, 0.05) is 10.7 Å². The first-order chi connectivity index (χ1) is 7.63. The van der Waals surface area contributed by atoms with Gasteiger partial charge in [0.15, 0.2) is 5.15 Å². The number of anilines is 1. The maximum atomic E-state index is 11.5. The normalized spacial score (nSPS) is 10.2. The summed E-state index contributed by atoms with van der Waals surface area (Å²) in [6.45, 7) is 3.13. The van der Waals surface area contributed by atoms with Gasteiger partial charge in [-0.05, 0) is 35.0 Å². The molecule has 0 bridgehead atoms. The Morgan fingerprint density at radius 3 is 3.06 bits per heavy atom. The summed E-state index contributed by atoms with van der Waals surface area (Å²) in [4.78, 5) is 15.4. The molecule has 0 saturated heterocycles. The molecule has 0 saturated carbocycles. The highest BCUT2D eigenvalue weighted by Crippen LogP contribution is 2.22. The minimum atomic E-state index is -0.129. The molecule has 1 aromatic heterocycles. The molecule has 1 rings (SSSR count). The molecule has 6 heteroatoms. The lowest BCUT2D eigenvalue weighted by molar-refractivity contribution is -0.115. The van der Waals surface area contributed by atoms with Crippen LogP contribution in [-0.4, -0.2) is 24.0 Å². The Labute approximate surface area is 108 Å². The van der Waals surface area contributed by atoms with Crippen molar-refractivity contribution in [1.29, 1.82) is 0 Å². The van der Waals surface area contributed by atoms with Crippen molar-refractivity contribution in [2.45, 2.75) is 13.3 Å². The molecule has 0 aromatic carbocycles. The Hall–Kier alpha value is -0.650. The van der Waals surface area contributed by atoms with Crippen LogP contribution in [0.15, 0.2) is 16.7 Å². The zero-order valence-corrected chi connectivity index (χ0v) is 11.2. The highest BCUT2D eigenvalue weighted by Gasteiger charge is 2.06. The third-order valence-electron chi connectivity index (χ3n) is 1.79. The van der Waals surface area contributed by atoms with E-state index in [9.17, 15) is 4.79 Å². The molecule has 1 amide bonds. The van der Waals surface area contributed by atoms with E-state index in [0.717, 1.165) is 17.4 Å². The maximum Gasteiger partial charge on any atom is 0.238 e. The van der Waals surface area contributed by atoms with Gasteiger partial charge < -0.3 is 10.6 Å². The fourth-order valence-electron chi connectivity index (χ4n) is 1.08. The third-order valence-corrected chi connectivity index (χ3v) is 2.53. The Bertz CT molecular complexity index is 373. The standard InChI is InChI=1S/C10H13BrClN3O/c1-2-3-13-6-9(16)15-8-4-7(11)5-14-10(8)12/h4-5,13H,2-3,6H2,1H3,(H,15,16). The number of carbonyl (C=O) groups excluding carboxylic acids is 1. The van der Waals surface area contributed by atoms with E-state index in [-0.39, 0.29) is 17.6 Å². The number of amides is 1. The minimum Gasteiger partial charge on any atom is -0.322 e. The fourth-order valence-corrected chi connectivity index (χ4v) is 1.57. The number of hydrogen-bond acceptors (Lipinski definition) is 3. The molecule has 0 aliphatic rings. The SMILES string of the molecule is CCCNCC(=O)Nc1cc(Br)cnc1Cl. The van der Waals surface area contributed by atoms with E-state index in [1.54, 1.807) is 12.3 Å². The largest absolute Gasteiger partial charge is 0.322 e. The average Bonchev–Trinajstić information content (AvgIpc) is 2.24. The lowest BCUT2D eigenvalue weighted by Crippen LogP contribution is -2.28. The van der Waals surface area contributed by atoms with Gasteiger partial charge in [-0.25, -0.2) is 4.98 Å². The quantitative estimate of drug-likeness (QED) is 0.649. The Kier molecular flexibility index (Phi) is 5.73. The number of nitrogens with one attached hydrogen (secondary N) is 2. The molecule has 88 valence electrons. The average molecular weight is 307 g/mol. The second-order valence-electron chi connectivity index (χ2n) is 3.22. The number of carbonyl (C=O) groups is 1. The van der Waals surface area contributed by atoms with Crippen LogP contribution in [0.25, 0.3) is 0 Å². The summed E-state index contributed by atoms with van der Waals surface area (Å²) < 4.78 is 0.772. The molecule has 0 unspecified atom stereocenters. The van der Waals surface area contributed by atoms with Crippen molar-refractivity contribution in [3.05, 3.63) is 21.9 Å². The summed E-state index contributed by atoms with van der Waals surface area (Å²) in [5.41, 5.74) is 0.513. The topological polar surface area (TPSA) is 54.0 Å². The van der Waals surface area contributed by atoms with Gasteiger partial charge in [-0.3, -0.25) is 4.79 Å². The molecule has 16 heavy (non-hydrogen) atoms.